The Morgan fingerprint density at radius 2 is 2.07 bits per heavy atom. The van der Waals surface area contributed by atoms with Crippen LogP contribution in [0.2, 0.25) is 5.02 Å². The zero-order chi connectivity index (χ0) is 11.9. The first kappa shape index (κ1) is 12.5. The highest BCUT2D eigenvalue weighted by molar-refractivity contribution is 6.31. The summed E-state index contributed by atoms with van der Waals surface area (Å²) in [6.07, 6.45) is 1.44. The molecular weight excluding hydrogens is 217 g/mol. The Kier molecular flexibility index (Phi) is 3.12. The summed E-state index contributed by atoms with van der Waals surface area (Å²) >= 11 is 5.94. The predicted molar refractivity (Wildman–Crippen MR) is 59.5 cm³/mol. The fourth-order valence-electron chi connectivity index (χ4n) is 1.61. The van der Waals surface area contributed by atoms with E-state index in [9.17, 15) is 4.39 Å². The lowest BCUT2D eigenvalue weighted by Gasteiger charge is -2.37. The molecule has 15 heavy (non-hydrogen) atoms. The minimum Gasteiger partial charge on any atom is -0.327 e. The van der Waals surface area contributed by atoms with Gasteiger partial charge in [0.2, 0.25) is 0 Å². The molecule has 0 spiro atoms. The monoisotopic (exact) mass is 233 g/mol. The van der Waals surface area contributed by atoms with Crippen LogP contribution in [0.1, 0.15) is 26.5 Å². The molecule has 0 saturated heterocycles. The molecule has 86 valence electrons. The minimum atomic E-state index is -1.67. The highest BCUT2D eigenvalue weighted by Crippen LogP contribution is 2.44. The summed E-state index contributed by atoms with van der Waals surface area (Å²) in [6.45, 7) is 5.27. The van der Waals surface area contributed by atoms with Gasteiger partial charge < -0.3 is 5.73 Å². The molecule has 0 radical (unpaired) electrons. The molecule has 2 N–H and O–H groups in total. The first-order valence-electron chi connectivity index (χ1n) is 4.81. The van der Waals surface area contributed by atoms with Crippen LogP contribution in [0.3, 0.4) is 0 Å². The second-order valence-electron chi connectivity index (χ2n) is 4.72. The fraction of sp³-hybridized carbons (Fsp3) is 0.700. The van der Waals surface area contributed by atoms with Gasteiger partial charge in [-0.05, 0) is 0 Å². The number of nitrogens with two attached hydrogens (primary N) is 1. The van der Waals surface area contributed by atoms with E-state index in [2.05, 4.69) is 5.10 Å². The average molecular weight is 234 g/mol. The van der Waals surface area contributed by atoms with Crippen molar-refractivity contribution in [2.45, 2.75) is 26.4 Å². The molecule has 3 nitrogen and oxygen atoms in total. The quantitative estimate of drug-likeness (QED) is 0.852. The van der Waals surface area contributed by atoms with Crippen molar-refractivity contribution in [3.63, 3.8) is 0 Å². The fourth-order valence-corrected chi connectivity index (χ4v) is 1.93. The Bertz CT molecular complexity index is 337. The van der Waals surface area contributed by atoms with Gasteiger partial charge in [-0.3, -0.25) is 4.68 Å². The standard InChI is InChI=1S/C10H17ClFN3/c1-9(2,3)10(12,6-13)8-7(11)5-14-15(8)4/h5H,6,13H2,1-4H3. The molecule has 0 amide bonds. The summed E-state index contributed by atoms with van der Waals surface area (Å²) in [5.74, 6) is 0. The number of alkyl halides is 1. The zero-order valence-electron chi connectivity index (χ0n) is 9.51. The van der Waals surface area contributed by atoms with E-state index in [0.29, 0.717) is 10.7 Å². The van der Waals surface area contributed by atoms with Crippen LogP contribution in [0.5, 0.6) is 0 Å². The Labute approximate surface area is 94.4 Å². The van der Waals surface area contributed by atoms with Gasteiger partial charge >= 0.3 is 0 Å². The van der Waals surface area contributed by atoms with Crippen molar-refractivity contribution in [1.29, 1.82) is 0 Å². The van der Waals surface area contributed by atoms with Gasteiger partial charge in [0.15, 0.2) is 5.67 Å². The molecule has 0 bridgehead atoms. The lowest BCUT2D eigenvalue weighted by Crippen LogP contribution is -2.44. The largest absolute Gasteiger partial charge is 0.327 e. The van der Waals surface area contributed by atoms with E-state index in [0.717, 1.165) is 0 Å². The van der Waals surface area contributed by atoms with Crippen LogP contribution in [0.25, 0.3) is 0 Å². The number of aromatic nitrogens is 2. The van der Waals surface area contributed by atoms with Gasteiger partial charge in [0, 0.05) is 19.0 Å². The van der Waals surface area contributed by atoms with Gasteiger partial charge in [-0.15, -0.1) is 0 Å². The van der Waals surface area contributed by atoms with Crippen LogP contribution in [-0.4, -0.2) is 16.3 Å². The number of aryl methyl sites for hydroxylation is 1. The Hall–Kier alpha value is -0.610. The predicted octanol–water partition coefficient (Wildman–Crippen LogP) is 2.24. The van der Waals surface area contributed by atoms with E-state index in [1.54, 1.807) is 27.8 Å². The molecule has 0 aliphatic rings. The maximum absolute atomic E-state index is 14.8. The van der Waals surface area contributed by atoms with Crippen molar-refractivity contribution in [2.24, 2.45) is 18.2 Å². The molecule has 0 fully saturated rings. The lowest BCUT2D eigenvalue weighted by atomic mass is 9.76. The summed E-state index contributed by atoms with van der Waals surface area (Å²) in [5.41, 5.74) is 3.60. The Morgan fingerprint density at radius 1 is 1.53 bits per heavy atom. The Balaban J connectivity index is 3.36. The number of hydrogen-bond acceptors (Lipinski definition) is 2. The highest BCUT2D eigenvalue weighted by Gasteiger charge is 2.46. The average Bonchev–Trinajstić information content (AvgIpc) is 2.43. The van der Waals surface area contributed by atoms with Crippen LogP contribution in [0.4, 0.5) is 4.39 Å². The van der Waals surface area contributed by atoms with Gasteiger partial charge in [0.05, 0.1) is 16.9 Å². The molecule has 1 rings (SSSR count). The SMILES string of the molecule is Cn1ncc(Cl)c1C(F)(CN)C(C)(C)C. The van der Waals surface area contributed by atoms with Gasteiger partial charge in [-0.25, -0.2) is 4.39 Å². The molecule has 1 aromatic rings. The minimum absolute atomic E-state index is 0.115. The van der Waals surface area contributed by atoms with Crippen molar-refractivity contribution in [1.82, 2.24) is 9.78 Å². The van der Waals surface area contributed by atoms with Crippen molar-refractivity contribution in [2.75, 3.05) is 6.54 Å². The van der Waals surface area contributed by atoms with E-state index in [1.807, 2.05) is 0 Å². The van der Waals surface area contributed by atoms with E-state index < -0.39 is 11.1 Å². The second-order valence-corrected chi connectivity index (χ2v) is 5.13. The lowest BCUT2D eigenvalue weighted by molar-refractivity contribution is 0.0263. The Morgan fingerprint density at radius 3 is 2.33 bits per heavy atom. The van der Waals surface area contributed by atoms with Gasteiger partial charge in [-0.2, -0.15) is 5.10 Å². The number of rotatable bonds is 2. The maximum Gasteiger partial charge on any atom is 0.170 e. The first-order chi connectivity index (χ1) is 6.74. The van der Waals surface area contributed by atoms with E-state index in [1.165, 1.54) is 10.9 Å². The molecule has 1 atom stereocenters. The third kappa shape index (κ3) is 1.88. The smallest absolute Gasteiger partial charge is 0.170 e. The first-order valence-corrected chi connectivity index (χ1v) is 5.19. The van der Waals surface area contributed by atoms with E-state index in [-0.39, 0.29) is 6.54 Å². The van der Waals surface area contributed by atoms with Crippen LogP contribution in [0, 0.1) is 5.41 Å². The molecule has 5 heteroatoms. The molecule has 1 heterocycles. The van der Waals surface area contributed by atoms with Crippen LogP contribution in [0.15, 0.2) is 6.20 Å². The molecule has 0 aromatic carbocycles. The number of nitrogens with zero attached hydrogens (tertiary/aromatic N) is 2. The van der Waals surface area contributed by atoms with Crippen molar-refractivity contribution in [3.05, 3.63) is 16.9 Å². The molecular formula is C10H17ClFN3. The van der Waals surface area contributed by atoms with E-state index >= 15 is 0 Å². The molecule has 0 aliphatic heterocycles. The topological polar surface area (TPSA) is 43.8 Å². The summed E-state index contributed by atoms with van der Waals surface area (Å²) in [7, 11) is 1.66. The molecule has 1 aromatic heterocycles. The normalized spacial score (nSPS) is 16.5. The third-order valence-corrected chi connectivity index (χ3v) is 3.02. The molecule has 0 aliphatic carbocycles. The summed E-state index contributed by atoms with van der Waals surface area (Å²) in [6, 6.07) is 0. The van der Waals surface area contributed by atoms with Gasteiger partial charge in [0.25, 0.3) is 0 Å². The van der Waals surface area contributed by atoms with Crippen LogP contribution in [-0.2, 0) is 12.7 Å². The zero-order valence-corrected chi connectivity index (χ0v) is 10.3. The molecule has 1 unspecified atom stereocenters. The van der Waals surface area contributed by atoms with Crippen LogP contribution >= 0.6 is 11.6 Å². The summed E-state index contributed by atoms with van der Waals surface area (Å²) in [5, 5.41) is 4.25. The van der Waals surface area contributed by atoms with E-state index in [4.69, 9.17) is 17.3 Å². The van der Waals surface area contributed by atoms with Gasteiger partial charge in [-0.1, -0.05) is 32.4 Å². The highest BCUT2D eigenvalue weighted by atomic mass is 35.5. The summed E-state index contributed by atoms with van der Waals surface area (Å²) in [4.78, 5) is 0. The van der Waals surface area contributed by atoms with Crippen molar-refractivity contribution in [3.8, 4) is 0 Å². The number of hydrogen-bond donors (Lipinski definition) is 1. The maximum atomic E-state index is 14.8. The van der Waals surface area contributed by atoms with Crippen LogP contribution < -0.4 is 5.73 Å². The molecule has 0 saturated carbocycles. The van der Waals surface area contributed by atoms with Crippen molar-refractivity contribution >= 4 is 11.6 Å². The van der Waals surface area contributed by atoms with Gasteiger partial charge in [0.1, 0.15) is 0 Å². The third-order valence-electron chi connectivity index (χ3n) is 2.74. The summed E-state index contributed by atoms with van der Waals surface area (Å²) < 4.78 is 16.3. The van der Waals surface area contributed by atoms with Crippen molar-refractivity contribution < 1.29 is 4.39 Å². The second kappa shape index (κ2) is 3.76. The number of halogens is 2.